The molecule has 0 aromatic carbocycles. The molecule has 2 N–H and O–H groups in total. The Bertz CT molecular complexity index is 673. The lowest BCUT2D eigenvalue weighted by molar-refractivity contribution is -1.00. The second kappa shape index (κ2) is 5.26. The highest BCUT2D eigenvalue weighted by Crippen LogP contribution is 2.60. The lowest BCUT2D eigenvalue weighted by atomic mass is 9.53. The molecule has 2 heterocycles. The summed E-state index contributed by atoms with van der Waals surface area (Å²) < 4.78 is 0.223. The van der Waals surface area contributed by atoms with Gasteiger partial charge in [-0.3, -0.25) is 0 Å². The smallest absolute Gasteiger partial charge is 0.435 e. The lowest BCUT2D eigenvalue weighted by Gasteiger charge is -2.60. The summed E-state index contributed by atoms with van der Waals surface area (Å²) >= 11 is 0. The molecule has 6 aliphatic rings. The molecule has 150 valence electrons. The first-order chi connectivity index (χ1) is 12.6. The van der Waals surface area contributed by atoms with Crippen molar-refractivity contribution in [1.29, 1.82) is 0 Å². The molecule has 6 nitrogen and oxygen atoms in total. The van der Waals surface area contributed by atoms with Crippen LogP contribution in [0.25, 0.3) is 0 Å². The molecule has 4 atom stereocenters. The SMILES string of the molecule is CC(C)(C)[N+]1(C(=O)O)C[C@@H]2C[C@H]1C[N+]2(C(=O)O)C1C2CC3CC(C2)CC1C3. The Labute approximate surface area is 161 Å². The minimum atomic E-state index is -0.775. The van der Waals surface area contributed by atoms with Gasteiger partial charge in [-0.05, 0) is 64.7 Å². The van der Waals surface area contributed by atoms with Gasteiger partial charge in [0.1, 0.15) is 24.7 Å². The highest BCUT2D eigenvalue weighted by molar-refractivity contribution is 5.61. The summed E-state index contributed by atoms with van der Waals surface area (Å²) in [6, 6.07) is 0.0902. The number of quaternary nitrogens is 2. The lowest BCUT2D eigenvalue weighted by Crippen LogP contribution is -2.78. The van der Waals surface area contributed by atoms with E-state index in [4.69, 9.17) is 0 Å². The highest BCUT2D eigenvalue weighted by atomic mass is 16.4. The molecule has 2 amide bonds. The van der Waals surface area contributed by atoms with E-state index in [0.717, 1.165) is 18.3 Å². The van der Waals surface area contributed by atoms with Crippen LogP contribution in [0.1, 0.15) is 59.3 Å². The van der Waals surface area contributed by atoms with Crippen molar-refractivity contribution in [1.82, 2.24) is 0 Å². The Morgan fingerprint density at radius 1 is 0.778 bits per heavy atom. The first kappa shape index (κ1) is 17.9. The second-order valence-electron chi connectivity index (χ2n) is 11.4. The monoisotopic (exact) mass is 378 g/mol. The second-order valence-corrected chi connectivity index (χ2v) is 11.4. The van der Waals surface area contributed by atoms with Crippen LogP contribution in [-0.2, 0) is 0 Å². The zero-order valence-corrected chi connectivity index (χ0v) is 16.8. The van der Waals surface area contributed by atoms with E-state index in [1.165, 1.54) is 32.1 Å². The van der Waals surface area contributed by atoms with Gasteiger partial charge in [-0.2, -0.15) is 9.59 Å². The number of piperazine rings is 1. The zero-order chi connectivity index (χ0) is 19.4. The molecule has 0 spiro atoms. The van der Waals surface area contributed by atoms with Crippen molar-refractivity contribution in [2.75, 3.05) is 13.1 Å². The summed E-state index contributed by atoms with van der Waals surface area (Å²) in [6.07, 6.45) is 5.49. The van der Waals surface area contributed by atoms with Crippen LogP contribution in [-0.4, -0.2) is 68.1 Å². The van der Waals surface area contributed by atoms with Crippen molar-refractivity contribution >= 4 is 12.2 Å². The first-order valence-electron chi connectivity index (χ1n) is 10.8. The summed E-state index contributed by atoms with van der Waals surface area (Å²) in [5.74, 6) is 2.72. The Morgan fingerprint density at radius 3 is 1.70 bits per heavy atom. The molecule has 6 rings (SSSR count). The van der Waals surface area contributed by atoms with Crippen LogP contribution in [0.4, 0.5) is 9.59 Å². The molecule has 0 aromatic rings. The Kier molecular flexibility index (Phi) is 3.49. The quantitative estimate of drug-likeness (QED) is 0.682. The number of fused-ring (bicyclic) bond motifs is 2. The summed E-state index contributed by atoms with van der Waals surface area (Å²) in [5, 5.41) is 20.7. The predicted molar refractivity (Wildman–Crippen MR) is 99.1 cm³/mol. The van der Waals surface area contributed by atoms with Crippen molar-refractivity contribution in [3.8, 4) is 0 Å². The molecular weight excluding hydrogens is 344 g/mol. The van der Waals surface area contributed by atoms with E-state index >= 15 is 0 Å². The third kappa shape index (κ3) is 2.04. The van der Waals surface area contributed by atoms with Crippen molar-refractivity contribution in [3.63, 3.8) is 0 Å². The van der Waals surface area contributed by atoms with Crippen molar-refractivity contribution in [2.24, 2.45) is 23.7 Å². The summed E-state index contributed by atoms with van der Waals surface area (Å²) in [6.45, 7) is 6.98. The van der Waals surface area contributed by atoms with Gasteiger partial charge < -0.3 is 10.2 Å². The van der Waals surface area contributed by atoms with E-state index in [-0.39, 0.29) is 27.1 Å². The van der Waals surface area contributed by atoms with Gasteiger partial charge in [0.25, 0.3) is 0 Å². The molecule has 27 heavy (non-hydrogen) atoms. The molecule has 4 aliphatic carbocycles. The van der Waals surface area contributed by atoms with Gasteiger partial charge in [0, 0.05) is 11.8 Å². The minimum Gasteiger partial charge on any atom is -0.435 e. The maximum atomic E-state index is 12.8. The van der Waals surface area contributed by atoms with E-state index in [0.29, 0.717) is 24.9 Å². The molecular formula is C21H34N2O4+2. The number of hydrogen-bond acceptors (Lipinski definition) is 2. The first-order valence-corrected chi connectivity index (χ1v) is 10.8. The number of carbonyl (C=O) groups is 2. The molecule has 4 saturated carbocycles. The number of amides is 2. The van der Waals surface area contributed by atoms with E-state index < -0.39 is 17.7 Å². The van der Waals surface area contributed by atoms with Gasteiger partial charge in [0.05, 0.1) is 6.42 Å². The summed E-state index contributed by atoms with van der Waals surface area (Å²) in [4.78, 5) is 25.2. The number of nitrogens with zero attached hydrogens (tertiary/aromatic N) is 2. The van der Waals surface area contributed by atoms with Gasteiger partial charge in [-0.25, -0.2) is 8.97 Å². The molecule has 2 saturated heterocycles. The van der Waals surface area contributed by atoms with Crippen LogP contribution in [0.3, 0.4) is 0 Å². The number of rotatable bonds is 1. The highest BCUT2D eigenvalue weighted by Gasteiger charge is 2.76. The van der Waals surface area contributed by atoms with E-state index in [2.05, 4.69) is 0 Å². The van der Waals surface area contributed by atoms with Crippen LogP contribution in [0.2, 0.25) is 0 Å². The number of carboxylic acid groups (broad SMARTS) is 2. The standard InChI is InChI=1S/C21H32N2O4/c1-21(2,3)23(20(26)27)11-16-9-17(23)10-22(16,19(24)25)18-14-5-12-4-13(7-14)8-15(18)6-12/h12-18H,4-11H2,1-3H3/p+2/t12?,13?,14?,15?,16-,17-,18?,22?,23?/m0/s1. The molecule has 0 aromatic heterocycles. The zero-order valence-electron chi connectivity index (χ0n) is 16.8. The largest absolute Gasteiger partial charge is 0.514 e. The normalized spacial score (nSPS) is 53.1. The fraction of sp³-hybridized carbons (Fsp3) is 0.905. The predicted octanol–water partition coefficient (Wildman–Crippen LogP) is 3.75. The molecule has 0 radical (unpaired) electrons. The molecule has 6 bridgehead atoms. The van der Waals surface area contributed by atoms with Gasteiger partial charge in [-0.1, -0.05) is 0 Å². The Morgan fingerprint density at radius 2 is 1.33 bits per heavy atom. The van der Waals surface area contributed by atoms with Crippen LogP contribution >= 0.6 is 0 Å². The van der Waals surface area contributed by atoms with Crippen LogP contribution in [0.5, 0.6) is 0 Å². The fourth-order valence-corrected chi connectivity index (χ4v) is 8.81. The molecule has 6 fully saturated rings. The summed E-state index contributed by atoms with van der Waals surface area (Å²) in [5.41, 5.74) is -0.413. The average Bonchev–Trinajstić information content (AvgIpc) is 3.10. The van der Waals surface area contributed by atoms with Crippen LogP contribution < -0.4 is 0 Å². The van der Waals surface area contributed by atoms with Gasteiger partial charge in [-0.15, -0.1) is 0 Å². The van der Waals surface area contributed by atoms with E-state index in [1.54, 1.807) is 0 Å². The van der Waals surface area contributed by atoms with E-state index in [9.17, 15) is 19.8 Å². The number of likely N-dealkylation sites (tertiary alicyclic amines) is 2. The molecule has 2 unspecified atom stereocenters. The minimum absolute atomic E-state index is 0.0399. The van der Waals surface area contributed by atoms with E-state index in [1.807, 2.05) is 20.8 Å². The van der Waals surface area contributed by atoms with Crippen molar-refractivity contribution < 1.29 is 28.8 Å². The fourth-order valence-electron chi connectivity index (χ4n) is 8.81. The Balaban J connectivity index is 1.53. The Hall–Kier alpha value is -1.14. The topological polar surface area (TPSA) is 74.6 Å². The average molecular weight is 379 g/mol. The number of hydrogen-bond donors (Lipinski definition) is 2. The molecule has 6 heteroatoms. The van der Waals surface area contributed by atoms with Gasteiger partial charge in [0.15, 0.2) is 12.1 Å². The maximum absolute atomic E-state index is 12.8. The van der Waals surface area contributed by atoms with Crippen LogP contribution in [0, 0.1) is 23.7 Å². The van der Waals surface area contributed by atoms with Gasteiger partial charge >= 0.3 is 12.2 Å². The van der Waals surface area contributed by atoms with Crippen LogP contribution in [0.15, 0.2) is 0 Å². The third-order valence-corrected chi connectivity index (χ3v) is 9.43. The third-order valence-electron chi connectivity index (χ3n) is 9.43. The van der Waals surface area contributed by atoms with Crippen molar-refractivity contribution in [2.45, 2.75) is 83.0 Å². The maximum Gasteiger partial charge on any atom is 0.514 e. The molecule has 2 aliphatic heterocycles. The van der Waals surface area contributed by atoms with Gasteiger partial charge in [0.2, 0.25) is 0 Å². The van der Waals surface area contributed by atoms with Crippen molar-refractivity contribution in [3.05, 3.63) is 0 Å². The summed E-state index contributed by atoms with van der Waals surface area (Å²) in [7, 11) is 0.